The molecule has 2 N–H and O–H groups in total. The monoisotopic (exact) mass is 323 g/mol. The van der Waals surface area contributed by atoms with E-state index in [0.717, 1.165) is 31.4 Å². The van der Waals surface area contributed by atoms with E-state index in [4.69, 9.17) is 0 Å². The van der Waals surface area contributed by atoms with Gasteiger partial charge in [-0.25, -0.2) is 0 Å². The van der Waals surface area contributed by atoms with E-state index < -0.39 is 0 Å². The predicted molar refractivity (Wildman–Crippen MR) is 94.7 cm³/mol. The molecule has 0 radical (unpaired) electrons. The van der Waals surface area contributed by atoms with Crippen molar-refractivity contribution in [3.05, 3.63) is 65.7 Å². The molecular weight excluding hydrogens is 298 g/mol. The zero-order chi connectivity index (χ0) is 16.6. The molecule has 4 rings (SSSR count). The Kier molecular flexibility index (Phi) is 4.07. The smallest absolute Gasteiger partial charge is 0.115 e. The van der Waals surface area contributed by atoms with E-state index in [-0.39, 0.29) is 12.0 Å². The number of aliphatic hydroxyl groups excluding tert-OH is 1. The van der Waals surface area contributed by atoms with Crippen LogP contribution in [0.4, 0.5) is 0 Å². The maximum atomic E-state index is 10.3. The number of phenolic OH excluding ortho intramolecular Hbond substituents is 1. The second-order valence-electron chi connectivity index (χ2n) is 7.48. The quantitative estimate of drug-likeness (QED) is 0.887. The molecule has 3 heteroatoms. The maximum absolute atomic E-state index is 10.3. The fourth-order valence-electron chi connectivity index (χ4n) is 4.94. The van der Waals surface area contributed by atoms with Gasteiger partial charge in [-0.3, -0.25) is 4.90 Å². The minimum absolute atomic E-state index is 0.0267. The molecule has 2 aliphatic heterocycles. The van der Waals surface area contributed by atoms with Crippen LogP contribution in [0.15, 0.2) is 54.6 Å². The van der Waals surface area contributed by atoms with E-state index in [1.807, 2.05) is 18.2 Å². The normalized spacial score (nSPS) is 29.2. The van der Waals surface area contributed by atoms with Gasteiger partial charge in [0.05, 0.1) is 6.61 Å². The third kappa shape index (κ3) is 2.72. The highest BCUT2D eigenvalue weighted by Crippen LogP contribution is 2.51. The van der Waals surface area contributed by atoms with Gasteiger partial charge in [0.1, 0.15) is 5.75 Å². The molecular formula is C21H25NO2. The van der Waals surface area contributed by atoms with Crippen molar-refractivity contribution in [1.29, 1.82) is 0 Å². The van der Waals surface area contributed by atoms with Crippen molar-refractivity contribution in [3.63, 3.8) is 0 Å². The first-order chi connectivity index (χ1) is 11.7. The van der Waals surface area contributed by atoms with Crippen LogP contribution in [0, 0.1) is 5.41 Å². The first kappa shape index (κ1) is 15.7. The van der Waals surface area contributed by atoms with E-state index in [1.165, 1.54) is 12.0 Å². The summed E-state index contributed by atoms with van der Waals surface area (Å²) in [5, 5.41) is 20.0. The van der Waals surface area contributed by atoms with Crippen LogP contribution < -0.4 is 0 Å². The summed E-state index contributed by atoms with van der Waals surface area (Å²) in [5.41, 5.74) is 2.44. The Morgan fingerprint density at radius 1 is 1.00 bits per heavy atom. The molecule has 0 aliphatic carbocycles. The van der Waals surface area contributed by atoms with Gasteiger partial charge in [0.25, 0.3) is 0 Å². The number of aromatic hydroxyl groups is 1. The molecule has 126 valence electrons. The van der Waals surface area contributed by atoms with Crippen LogP contribution in [0.5, 0.6) is 5.75 Å². The van der Waals surface area contributed by atoms with Crippen molar-refractivity contribution < 1.29 is 10.2 Å². The predicted octanol–water partition coefficient (Wildman–Crippen LogP) is 3.35. The molecule has 2 heterocycles. The first-order valence-corrected chi connectivity index (χ1v) is 8.89. The van der Waals surface area contributed by atoms with Gasteiger partial charge >= 0.3 is 0 Å². The molecule has 2 saturated heterocycles. The third-order valence-corrected chi connectivity index (χ3v) is 5.98. The summed E-state index contributed by atoms with van der Waals surface area (Å²) in [7, 11) is 0. The molecule has 2 aromatic carbocycles. The zero-order valence-corrected chi connectivity index (χ0v) is 13.9. The molecule has 3 nitrogen and oxygen atoms in total. The Balaban J connectivity index is 1.56. The Morgan fingerprint density at radius 3 is 2.54 bits per heavy atom. The molecule has 0 aromatic heterocycles. The summed E-state index contributed by atoms with van der Waals surface area (Å²) in [6.45, 7) is 1.11. The summed E-state index contributed by atoms with van der Waals surface area (Å²) in [4.78, 5) is 2.56. The van der Waals surface area contributed by atoms with Crippen molar-refractivity contribution in [2.75, 3.05) is 6.61 Å². The first-order valence-electron chi connectivity index (χ1n) is 8.89. The number of hydrogen-bond donors (Lipinski definition) is 2. The number of nitrogens with zero attached hydrogens (tertiary/aromatic N) is 1. The average Bonchev–Trinajstić information content (AvgIpc) is 3.11. The molecule has 2 fully saturated rings. The SMILES string of the molecule is OC[C@]1(Cc2ccccc2)C[C@@H]2CC[C@H]1N2Cc1cccc(O)c1. The summed E-state index contributed by atoms with van der Waals surface area (Å²) in [6, 6.07) is 19.1. The van der Waals surface area contributed by atoms with Crippen LogP contribution in [0.1, 0.15) is 30.4 Å². The van der Waals surface area contributed by atoms with Gasteiger partial charge in [-0.05, 0) is 48.9 Å². The van der Waals surface area contributed by atoms with Crippen LogP contribution in [-0.2, 0) is 13.0 Å². The van der Waals surface area contributed by atoms with Gasteiger partial charge in [-0.15, -0.1) is 0 Å². The number of rotatable bonds is 5. The lowest BCUT2D eigenvalue weighted by Gasteiger charge is -2.36. The zero-order valence-electron chi connectivity index (χ0n) is 13.9. The van der Waals surface area contributed by atoms with Crippen LogP contribution >= 0.6 is 0 Å². The summed E-state index contributed by atoms with van der Waals surface area (Å²) >= 11 is 0. The van der Waals surface area contributed by atoms with Crippen molar-refractivity contribution in [3.8, 4) is 5.75 Å². The number of hydrogen-bond acceptors (Lipinski definition) is 3. The van der Waals surface area contributed by atoms with E-state index in [9.17, 15) is 10.2 Å². The van der Waals surface area contributed by atoms with Crippen LogP contribution in [0.2, 0.25) is 0 Å². The second kappa shape index (κ2) is 6.23. The standard InChI is InChI=1S/C21H25NO2/c23-15-21(12-16-5-2-1-3-6-16)13-18-9-10-20(21)22(18)14-17-7-4-8-19(24)11-17/h1-8,11,18,20,23-24H,9-10,12-15H2/t18-,20+,21-/m0/s1. The highest BCUT2D eigenvalue weighted by molar-refractivity contribution is 5.28. The molecule has 0 saturated carbocycles. The number of fused-ring (bicyclic) bond motifs is 2. The molecule has 0 spiro atoms. The summed E-state index contributed by atoms with van der Waals surface area (Å²) in [6.07, 6.45) is 4.40. The molecule has 2 aromatic rings. The van der Waals surface area contributed by atoms with Gasteiger partial charge in [0.15, 0.2) is 0 Å². The van der Waals surface area contributed by atoms with Crippen molar-refractivity contribution in [2.24, 2.45) is 5.41 Å². The number of benzene rings is 2. The molecule has 2 aliphatic rings. The fraction of sp³-hybridized carbons (Fsp3) is 0.429. The minimum atomic E-state index is -0.0267. The highest BCUT2D eigenvalue weighted by Gasteiger charge is 2.55. The van der Waals surface area contributed by atoms with Crippen molar-refractivity contribution in [1.82, 2.24) is 4.90 Å². The third-order valence-electron chi connectivity index (χ3n) is 5.98. The molecule has 0 amide bonds. The van der Waals surface area contributed by atoms with Crippen molar-refractivity contribution in [2.45, 2.75) is 44.3 Å². The van der Waals surface area contributed by atoms with Gasteiger partial charge in [-0.2, -0.15) is 0 Å². The van der Waals surface area contributed by atoms with Crippen molar-refractivity contribution >= 4 is 0 Å². The fourth-order valence-corrected chi connectivity index (χ4v) is 4.94. The minimum Gasteiger partial charge on any atom is -0.508 e. The van der Waals surface area contributed by atoms with Gasteiger partial charge < -0.3 is 10.2 Å². The van der Waals surface area contributed by atoms with Gasteiger partial charge in [0.2, 0.25) is 0 Å². The molecule has 0 unspecified atom stereocenters. The van der Waals surface area contributed by atoms with E-state index in [0.29, 0.717) is 17.8 Å². The highest BCUT2D eigenvalue weighted by atomic mass is 16.3. The molecule has 3 atom stereocenters. The number of aliphatic hydroxyl groups is 1. The summed E-state index contributed by atoms with van der Waals surface area (Å²) in [5.74, 6) is 0.330. The Morgan fingerprint density at radius 2 is 1.79 bits per heavy atom. The number of phenols is 1. The Labute approximate surface area is 143 Å². The van der Waals surface area contributed by atoms with Gasteiger partial charge in [-0.1, -0.05) is 42.5 Å². The lowest BCUT2D eigenvalue weighted by atomic mass is 9.70. The van der Waals surface area contributed by atoms with Gasteiger partial charge in [0, 0.05) is 24.0 Å². The lowest BCUT2D eigenvalue weighted by Crippen LogP contribution is -2.41. The molecule has 2 bridgehead atoms. The topological polar surface area (TPSA) is 43.7 Å². The molecule has 24 heavy (non-hydrogen) atoms. The van der Waals surface area contributed by atoms with Crippen LogP contribution in [-0.4, -0.2) is 33.8 Å². The summed E-state index contributed by atoms with van der Waals surface area (Å²) < 4.78 is 0. The van der Waals surface area contributed by atoms with Crippen LogP contribution in [0.25, 0.3) is 0 Å². The van der Waals surface area contributed by atoms with Crippen LogP contribution in [0.3, 0.4) is 0 Å². The average molecular weight is 323 g/mol. The second-order valence-corrected chi connectivity index (χ2v) is 7.48. The van der Waals surface area contributed by atoms with E-state index in [1.54, 1.807) is 6.07 Å². The maximum Gasteiger partial charge on any atom is 0.115 e. The lowest BCUT2D eigenvalue weighted by molar-refractivity contribution is 0.0750. The Hall–Kier alpha value is -1.84. The Bertz CT molecular complexity index is 702. The largest absolute Gasteiger partial charge is 0.508 e. The van der Waals surface area contributed by atoms with E-state index in [2.05, 4.69) is 35.2 Å². The van der Waals surface area contributed by atoms with E-state index >= 15 is 0 Å².